The first-order valence-electron chi connectivity index (χ1n) is 6.77. The highest BCUT2D eigenvalue weighted by Gasteiger charge is 2.38. The number of ether oxygens (including phenoxy) is 1. The summed E-state index contributed by atoms with van der Waals surface area (Å²) in [5, 5.41) is 3.48. The van der Waals surface area contributed by atoms with Crippen LogP contribution in [0.1, 0.15) is 24.8 Å². The SMILES string of the molecule is CCOc1cccnc1NC1CC1c1ccccc1. The first kappa shape index (κ1) is 12.0. The van der Waals surface area contributed by atoms with Crippen LogP contribution in [-0.4, -0.2) is 17.6 Å². The molecule has 0 spiro atoms. The van der Waals surface area contributed by atoms with Crippen LogP contribution in [0.15, 0.2) is 48.7 Å². The van der Waals surface area contributed by atoms with E-state index in [0.717, 1.165) is 18.0 Å². The minimum Gasteiger partial charge on any atom is -0.490 e. The average molecular weight is 254 g/mol. The highest BCUT2D eigenvalue weighted by atomic mass is 16.5. The largest absolute Gasteiger partial charge is 0.490 e. The van der Waals surface area contributed by atoms with Gasteiger partial charge in [-0.1, -0.05) is 30.3 Å². The topological polar surface area (TPSA) is 34.1 Å². The first-order valence-corrected chi connectivity index (χ1v) is 6.77. The van der Waals surface area contributed by atoms with E-state index in [4.69, 9.17) is 4.74 Å². The Hall–Kier alpha value is -2.03. The molecule has 0 saturated heterocycles. The number of hydrogen-bond donors (Lipinski definition) is 1. The Morgan fingerprint density at radius 3 is 2.84 bits per heavy atom. The summed E-state index contributed by atoms with van der Waals surface area (Å²) in [6, 6.07) is 14.9. The summed E-state index contributed by atoms with van der Waals surface area (Å²) in [7, 11) is 0. The molecule has 3 heteroatoms. The molecular formula is C16H18N2O. The van der Waals surface area contributed by atoms with E-state index in [2.05, 4.69) is 40.6 Å². The summed E-state index contributed by atoms with van der Waals surface area (Å²) in [4.78, 5) is 4.37. The molecule has 0 aliphatic heterocycles. The van der Waals surface area contributed by atoms with E-state index >= 15 is 0 Å². The van der Waals surface area contributed by atoms with Gasteiger partial charge < -0.3 is 10.1 Å². The van der Waals surface area contributed by atoms with Crippen molar-refractivity contribution in [2.24, 2.45) is 0 Å². The lowest BCUT2D eigenvalue weighted by molar-refractivity contribution is 0.340. The second-order valence-electron chi connectivity index (χ2n) is 4.79. The maximum atomic E-state index is 5.58. The summed E-state index contributed by atoms with van der Waals surface area (Å²) in [5.74, 6) is 2.29. The monoisotopic (exact) mass is 254 g/mol. The lowest BCUT2D eigenvalue weighted by Gasteiger charge is -2.10. The summed E-state index contributed by atoms with van der Waals surface area (Å²) >= 11 is 0. The number of rotatable bonds is 5. The molecule has 1 aliphatic rings. The smallest absolute Gasteiger partial charge is 0.168 e. The second-order valence-corrected chi connectivity index (χ2v) is 4.79. The molecule has 2 aromatic rings. The van der Waals surface area contributed by atoms with Gasteiger partial charge in [0.2, 0.25) is 0 Å². The van der Waals surface area contributed by atoms with Crippen molar-refractivity contribution in [1.29, 1.82) is 0 Å². The molecule has 0 amide bonds. The second kappa shape index (κ2) is 5.31. The molecule has 2 unspecified atom stereocenters. The van der Waals surface area contributed by atoms with Crippen molar-refractivity contribution >= 4 is 5.82 Å². The summed E-state index contributed by atoms with van der Waals surface area (Å²) in [5.41, 5.74) is 1.40. The Morgan fingerprint density at radius 2 is 2.05 bits per heavy atom. The number of hydrogen-bond acceptors (Lipinski definition) is 3. The molecule has 1 aromatic heterocycles. The Balaban J connectivity index is 1.68. The third-order valence-electron chi connectivity index (χ3n) is 3.41. The molecule has 1 heterocycles. The van der Waals surface area contributed by atoms with Crippen LogP contribution in [0.2, 0.25) is 0 Å². The van der Waals surface area contributed by atoms with Gasteiger partial charge in [0.25, 0.3) is 0 Å². The summed E-state index contributed by atoms with van der Waals surface area (Å²) < 4.78 is 5.58. The molecule has 2 atom stereocenters. The molecule has 1 fully saturated rings. The predicted molar refractivity (Wildman–Crippen MR) is 76.6 cm³/mol. The van der Waals surface area contributed by atoms with Gasteiger partial charge in [0.05, 0.1) is 6.61 Å². The molecule has 98 valence electrons. The molecule has 1 N–H and O–H groups in total. The fourth-order valence-corrected chi connectivity index (χ4v) is 2.37. The van der Waals surface area contributed by atoms with E-state index in [-0.39, 0.29) is 0 Å². The van der Waals surface area contributed by atoms with E-state index in [9.17, 15) is 0 Å². The normalized spacial score (nSPS) is 20.9. The van der Waals surface area contributed by atoms with E-state index in [0.29, 0.717) is 18.6 Å². The van der Waals surface area contributed by atoms with Crippen LogP contribution in [0, 0.1) is 0 Å². The van der Waals surface area contributed by atoms with E-state index in [1.807, 2.05) is 19.1 Å². The van der Waals surface area contributed by atoms with Crippen LogP contribution in [0.3, 0.4) is 0 Å². The van der Waals surface area contributed by atoms with Crippen molar-refractivity contribution in [2.45, 2.75) is 25.3 Å². The van der Waals surface area contributed by atoms with Gasteiger partial charge >= 0.3 is 0 Å². The molecule has 1 aliphatic carbocycles. The van der Waals surface area contributed by atoms with Crippen LogP contribution >= 0.6 is 0 Å². The molecule has 3 nitrogen and oxygen atoms in total. The van der Waals surface area contributed by atoms with Crippen molar-refractivity contribution in [2.75, 3.05) is 11.9 Å². The minimum absolute atomic E-state index is 0.469. The van der Waals surface area contributed by atoms with Gasteiger partial charge in [-0.25, -0.2) is 4.98 Å². The summed E-state index contributed by atoms with van der Waals surface area (Å²) in [6.45, 7) is 2.65. The average Bonchev–Trinajstić information content (AvgIpc) is 3.22. The number of pyridine rings is 1. The van der Waals surface area contributed by atoms with Crippen LogP contribution in [0.4, 0.5) is 5.82 Å². The highest BCUT2D eigenvalue weighted by molar-refractivity contribution is 5.52. The molecule has 0 bridgehead atoms. The molecule has 3 rings (SSSR count). The molecular weight excluding hydrogens is 236 g/mol. The van der Waals surface area contributed by atoms with Crippen molar-refractivity contribution in [3.8, 4) is 5.75 Å². The third kappa shape index (κ3) is 2.70. The minimum atomic E-state index is 0.469. The van der Waals surface area contributed by atoms with Crippen molar-refractivity contribution in [3.63, 3.8) is 0 Å². The highest BCUT2D eigenvalue weighted by Crippen LogP contribution is 2.43. The lowest BCUT2D eigenvalue weighted by Crippen LogP contribution is -2.08. The number of aromatic nitrogens is 1. The molecule has 1 saturated carbocycles. The first-order chi connectivity index (χ1) is 9.38. The van der Waals surface area contributed by atoms with Crippen molar-refractivity contribution in [1.82, 2.24) is 4.98 Å². The van der Waals surface area contributed by atoms with E-state index < -0.39 is 0 Å². The number of nitrogens with zero attached hydrogens (tertiary/aromatic N) is 1. The fourth-order valence-electron chi connectivity index (χ4n) is 2.37. The number of nitrogens with one attached hydrogen (secondary N) is 1. The van der Waals surface area contributed by atoms with Gasteiger partial charge in [-0.15, -0.1) is 0 Å². The van der Waals surface area contributed by atoms with Crippen LogP contribution in [0.25, 0.3) is 0 Å². The van der Waals surface area contributed by atoms with Gasteiger partial charge in [0.1, 0.15) is 0 Å². The lowest BCUT2D eigenvalue weighted by atomic mass is 10.1. The van der Waals surface area contributed by atoms with Crippen LogP contribution in [-0.2, 0) is 0 Å². The van der Waals surface area contributed by atoms with Gasteiger partial charge in [-0.05, 0) is 31.0 Å². The quantitative estimate of drug-likeness (QED) is 0.887. The molecule has 1 aromatic carbocycles. The Labute approximate surface area is 113 Å². The van der Waals surface area contributed by atoms with Crippen LogP contribution < -0.4 is 10.1 Å². The van der Waals surface area contributed by atoms with Gasteiger partial charge in [-0.3, -0.25) is 0 Å². The molecule has 0 radical (unpaired) electrons. The summed E-state index contributed by atoms with van der Waals surface area (Å²) in [6.07, 6.45) is 2.96. The standard InChI is InChI=1S/C16H18N2O/c1-2-19-15-9-6-10-17-16(15)18-14-11-13(14)12-7-4-3-5-8-12/h3-10,13-14H,2,11H2,1H3,(H,17,18). The zero-order valence-electron chi connectivity index (χ0n) is 11.0. The Bertz CT molecular complexity index is 541. The van der Waals surface area contributed by atoms with Crippen molar-refractivity contribution in [3.05, 3.63) is 54.2 Å². The zero-order valence-corrected chi connectivity index (χ0v) is 11.0. The van der Waals surface area contributed by atoms with Gasteiger partial charge in [0, 0.05) is 18.2 Å². The van der Waals surface area contributed by atoms with E-state index in [1.54, 1.807) is 6.20 Å². The van der Waals surface area contributed by atoms with E-state index in [1.165, 1.54) is 5.56 Å². The maximum absolute atomic E-state index is 5.58. The Kier molecular flexibility index (Phi) is 3.36. The van der Waals surface area contributed by atoms with Gasteiger partial charge in [-0.2, -0.15) is 0 Å². The fraction of sp³-hybridized carbons (Fsp3) is 0.312. The maximum Gasteiger partial charge on any atom is 0.168 e. The number of benzene rings is 1. The molecule has 19 heavy (non-hydrogen) atoms. The Morgan fingerprint density at radius 1 is 1.21 bits per heavy atom. The van der Waals surface area contributed by atoms with Crippen LogP contribution in [0.5, 0.6) is 5.75 Å². The van der Waals surface area contributed by atoms with Gasteiger partial charge in [0.15, 0.2) is 11.6 Å². The number of anilines is 1. The van der Waals surface area contributed by atoms with Crippen molar-refractivity contribution < 1.29 is 4.74 Å². The third-order valence-corrected chi connectivity index (χ3v) is 3.41. The zero-order chi connectivity index (χ0) is 13.1. The predicted octanol–water partition coefficient (Wildman–Crippen LogP) is 3.45.